The van der Waals surface area contributed by atoms with E-state index in [4.69, 9.17) is 26.3 Å². The summed E-state index contributed by atoms with van der Waals surface area (Å²) in [6.45, 7) is 0. The van der Waals surface area contributed by atoms with Crippen LogP contribution in [0.4, 0.5) is 15.8 Å². The van der Waals surface area contributed by atoms with E-state index >= 15 is 0 Å². The maximum Gasteiger partial charge on any atom is 0.237 e. The van der Waals surface area contributed by atoms with Gasteiger partial charge in [0.05, 0.1) is 46.6 Å². The highest BCUT2D eigenvalue weighted by Gasteiger charge is 2.22. The van der Waals surface area contributed by atoms with Crippen LogP contribution in [0.15, 0.2) is 77.9 Å². The number of benzene rings is 3. The molecule has 0 amide bonds. The molecule has 0 atom stereocenters. The summed E-state index contributed by atoms with van der Waals surface area (Å²) in [5, 5.41) is 4.88. The average molecular weight is 486 g/mol. The van der Waals surface area contributed by atoms with Crippen molar-refractivity contribution in [3.63, 3.8) is 0 Å². The molecule has 6 nitrogen and oxygen atoms in total. The van der Waals surface area contributed by atoms with Gasteiger partial charge in [-0.05, 0) is 73.5 Å². The van der Waals surface area contributed by atoms with Gasteiger partial charge >= 0.3 is 0 Å². The topological polar surface area (TPSA) is 64.3 Å². The Hall–Kier alpha value is -3.97. The third-order valence-corrected chi connectivity index (χ3v) is 6.19. The predicted octanol–water partition coefficient (Wildman–Crippen LogP) is 6.13. The van der Waals surface area contributed by atoms with Crippen LogP contribution >= 0.6 is 11.6 Å². The van der Waals surface area contributed by atoms with E-state index < -0.39 is 0 Å². The summed E-state index contributed by atoms with van der Waals surface area (Å²) < 4.78 is 21.7. The van der Waals surface area contributed by atoms with Crippen molar-refractivity contribution in [2.75, 3.05) is 12.4 Å². The summed E-state index contributed by atoms with van der Waals surface area (Å²) in [6.07, 6.45) is 3.82. The first-order chi connectivity index (χ1) is 17.1. The van der Waals surface area contributed by atoms with Gasteiger partial charge in [0.25, 0.3) is 0 Å². The maximum absolute atomic E-state index is 14.2. The van der Waals surface area contributed by atoms with Crippen LogP contribution in [0.5, 0.6) is 5.88 Å². The van der Waals surface area contributed by atoms with Gasteiger partial charge in [0.1, 0.15) is 11.5 Å². The molecular formula is C27H21ClFN5O. The third-order valence-electron chi connectivity index (χ3n) is 5.94. The molecule has 35 heavy (non-hydrogen) atoms. The number of fused-ring (bicyclic) bond motifs is 2. The molecule has 6 rings (SSSR count). The van der Waals surface area contributed by atoms with Crippen LogP contribution in [-0.4, -0.2) is 27.7 Å². The van der Waals surface area contributed by atoms with Gasteiger partial charge in [-0.3, -0.25) is 4.99 Å². The molecule has 1 N–H and O–H groups in total. The smallest absolute Gasteiger partial charge is 0.237 e. The number of methoxy groups -OCH3 is 1. The fourth-order valence-electron chi connectivity index (χ4n) is 4.14. The highest BCUT2D eigenvalue weighted by Crippen LogP contribution is 2.33. The molecule has 0 radical (unpaired) electrons. The highest BCUT2D eigenvalue weighted by molar-refractivity contribution is 6.30. The van der Waals surface area contributed by atoms with Crippen molar-refractivity contribution in [3.05, 3.63) is 89.1 Å². The maximum atomic E-state index is 14.2. The minimum atomic E-state index is -0.342. The lowest BCUT2D eigenvalue weighted by Crippen LogP contribution is -2.16. The summed E-state index contributed by atoms with van der Waals surface area (Å²) in [6, 6.07) is 20.2. The lowest BCUT2D eigenvalue weighted by molar-refractivity contribution is 0.400. The Labute approximate surface area is 206 Å². The molecule has 0 spiro atoms. The van der Waals surface area contributed by atoms with Crippen LogP contribution in [0.3, 0.4) is 0 Å². The molecule has 3 aliphatic rings. The molecule has 0 saturated heterocycles. The van der Waals surface area contributed by atoms with Gasteiger partial charge in [0, 0.05) is 23.0 Å². The largest absolute Gasteiger partial charge is 0.480 e. The zero-order valence-corrected chi connectivity index (χ0v) is 19.6. The summed E-state index contributed by atoms with van der Waals surface area (Å²) in [7, 11) is 1.58. The van der Waals surface area contributed by atoms with Crippen LogP contribution in [0.2, 0.25) is 5.02 Å². The number of hydrogen-bond donors (Lipinski definition) is 1. The Balaban J connectivity index is 1.64. The van der Waals surface area contributed by atoms with E-state index in [2.05, 4.69) is 14.9 Å². The highest BCUT2D eigenvalue weighted by atomic mass is 35.5. The van der Waals surface area contributed by atoms with E-state index in [9.17, 15) is 4.39 Å². The minimum absolute atomic E-state index is 0.301. The summed E-state index contributed by atoms with van der Waals surface area (Å²) >= 11 is 6.16. The molecule has 174 valence electrons. The van der Waals surface area contributed by atoms with Crippen molar-refractivity contribution >= 4 is 34.0 Å². The van der Waals surface area contributed by atoms with E-state index in [1.807, 2.05) is 48.5 Å². The van der Waals surface area contributed by atoms with Crippen LogP contribution in [0, 0.1) is 5.82 Å². The Bertz CT molecular complexity index is 1590. The van der Waals surface area contributed by atoms with Gasteiger partial charge in [-0.1, -0.05) is 11.6 Å². The molecule has 2 aromatic carbocycles. The number of anilines is 2. The van der Waals surface area contributed by atoms with Gasteiger partial charge in [-0.15, -0.1) is 0 Å². The van der Waals surface area contributed by atoms with E-state index in [-0.39, 0.29) is 5.82 Å². The number of hydrogen-bond acceptors (Lipinski definition) is 5. The monoisotopic (exact) mass is 485 g/mol. The molecule has 3 aromatic rings. The van der Waals surface area contributed by atoms with E-state index in [0.29, 0.717) is 28.2 Å². The van der Waals surface area contributed by atoms with Crippen LogP contribution in [0.25, 0.3) is 28.1 Å². The predicted molar refractivity (Wildman–Crippen MR) is 135 cm³/mol. The molecule has 2 heterocycles. The number of rotatable bonds is 5. The second kappa shape index (κ2) is 8.67. The number of aromatic nitrogens is 3. The lowest BCUT2D eigenvalue weighted by atomic mass is 10.1. The van der Waals surface area contributed by atoms with Crippen molar-refractivity contribution in [3.8, 4) is 23.0 Å². The lowest BCUT2D eigenvalue weighted by Gasteiger charge is -2.20. The van der Waals surface area contributed by atoms with Crippen molar-refractivity contribution in [2.24, 2.45) is 4.99 Å². The Morgan fingerprint density at radius 2 is 1.89 bits per heavy atom. The van der Waals surface area contributed by atoms with Gasteiger partial charge in [-0.25, -0.2) is 14.4 Å². The molecule has 1 fully saturated rings. The first-order valence-corrected chi connectivity index (χ1v) is 11.7. The number of nitrogens with one attached hydrogen (secondary N) is 1. The number of halogens is 2. The fourth-order valence-corrected chi connectivity index (χ4v) is 4.26. The second-order valence-electron chi connectivity index (χ2n) is 8.46. The Kier molecular flexibility index (Phi) is 5.34. The summed E-state index contributed by atoms with van der Waals surface area (Å²) in [4.78, 5) is 14.1. The first kappa shape index (κ1) is 21.6. The fraction of sp³-hybridized carbons (Fsp3) is 0.148. The number of pyridine rings is 1. The molecule has 1 aliphatic heterocycles. The number of ether oxygens (including phenoxy) is 1. The van der Waals surface area contributed by atoms with Gasteiger partial charge in [0.2, 0.25) is 5.88 Å². The van der Waals surface area contributed by atoms with Crippen molar-refractivity contribution in [1.82, 2.24) is 14.5 Å². The minimum Gasteiger partial charge on any atom is -0.480 e. The molecule has 0 unspecified atom stereocenters. The zero-order chi connectivity index (χ0) is 23.9. The van der Waals surface area contributed by atoms with Crippen molar-refractivity contribution in [1.29, 1.82) is 0 Å². The van der Waals surface area contributed by atoms with E-state index in [0.717, 1.165) is 46.5 Å². The quantitative estimate of drug-likeness (QED) is 0.304. The first-order valence-electron chi connectivity index (χ1n) is 11.3. The van der Waals surface area contributed by atoms with Gasteiger partial charge < -0.3 is 14.6 Å². The van der Waals surface area contributed by atoms with Crippen molar-refractivity contribution < 1.29 is 9.13 Å². The summed E-state index contributed by atoms with van der Waals surface area (Å²) in [5.74, 6) is 0.139. The molecule has 1 saturated carbocycles. The van der Waals surface area contributed by atoms with E-state index in [1.165, 1.54) is 12.1 Å². The molecule has 1 aromatic heterocycles. The number of nitrogens with zero attached hydrogens (tertiary/aromatic N) is 4. The van der Waals surface area contributed by atoms with E-state index in [1.54, 1.807) is 19.4 Å². The Morgan fingerprint density at radius 3 is 2.66 bits per heavy atom. The van der Waals surface area contributed by atoms with Crippen molar-refractivity contribution in [2.45, 2.75) is 18.9 Å². The van der Waals surface area contributed by atoms with Crippen LogP contribution in [0.1, 0.15) is 12.8 Å². The molecular weight excluding hydrogens is 465 g/mol. The normalized spacial score (nSPS) is 14.0. The standard InChI is InChI=1S/C27H21ClFN5O/c1-35-27-20(3-2-12-30-27)32-21-14-24-26(15-22(21)31-18-7-8-18)34(19-9-4-16(28)5-10-19)25-11-6-17(29)13-23(25)33-24/h2-6,9-15,18,32H,7-8H2,1H3/b31-22+. The summed E-state index contributed by atoms with van der Waals surface area (Å²) in [5.41, 5.74) is 5.27. The average Bonchev–Trinajstić information content (AvgIpc) is 3.68. The molecule has 2 aliphatic carbocycles. The van der Waals surface area contributed by atoms with Gasteiger partial charge in [0.15, 0.2) is 0 Å². The SMILES string of the molecule is COc1ncccc1Nc1cc2nc3cc(F)ccc3n(-c3ccc(Cl)cc3)c-2c/c1=N\C1CC1. The third kappa shape index (κ3) is 4.19. The van der Waals surface area contributed by atoms with Crippen LogP contribution < -0.4 is 15.4 Å². The molecule has 0 bridgehead atoms. The molecule has 8 heteroatoms. The Morgan fingerprint density at radius 1 is 1.06 bits per heavy atom. The van der Waals surface area contributed by atoms with Crippen LogP contribution in [-0.2, 0) is 0 Å². The van der Waals surface area contributed by atoms with Gasteiger partial charge in [-0.2, -0.15) is 0 Å². The second-order valence-corrected chi connectivity index (χ2v) is 8.90. The zero-order valence-electron chi connectivity index (χ0n) is 18.9.